The van der Waals surface area contributed by atoms with E-state index in [1.165, 1.54) is 41.6 Å². The van der Waals surface area contributed by atoms with Gasteiger partial charge >= 0.3 is 0 Å². The summed E-state index contributed by atoms with van der Waals surface area (Å²) in [5.74, 6) is 2.65. The Morgan fingerprint density at radius 2 is 1.88 bits per heavy atom. The molecular formula is C35H45N3O3. The summed E-state index contributed by atoms with van der Waals surface area (Å²) in [6.45, 7) is 5.85. The van der Waals surface area contributed by atoms with Crippen LogP contribution in [0.25, 0.3) is 0 Å². The van der Waals surface area contributed by atoms with Crippen molar-refractivity contribution in [2.45, 2.75) is 63.7 Å². The first-order valence-corrected chi connectivity index (χ1v) is 15.4. The molecule has 1 amide bonds. The van der Waals surface area contributed by atoms with Gasteiger partial charge < -0.3 is 20.1 Å². The number of anilines is 1. The molecule has 1 aliphatic carbocycles. The van der Waals surface area contributed by atoms with E-state index in [1.54, 1.807) is 6.07 Å². The number of rotatable bonds is 15. The second-order valence-electron chi connectivity index (χ2n) is 12.0. The number of phenols is 1. The molecule has 1 aromatic heterocycles. The summed E-state index contributed by atoms with van der Waals surface area (Å²) in [6, 6.07) is 20.8. The molecule has 5 rings (SSSR count). The lowest BCUT2D eigenvalue weighted by Crippen LogP contribution is -2.35. The maximum absolute atomic E-state index is 10.6. The van der Waals surface area contributed by atoms with Gasteiger partial charge in [-0.3, -0.25) is 9.78 Å². The third-order valence-corrected chi connectivity index (χ3v) is 9.03. The summed E-state index contributed by atoms with van der Waals surface area (Å²) in [7, 11) is 0. The van der Waals surface area contributed by atoms with E-state index < -0.39 is 0 Å². The van der Waals surface area contributed by atoms with Gasteiger partial charge in [0.2, 0.25) is 6.41 Å². The molecule has 2 heterocycles. The lowest BCUT2D eigenvalue weighted by molar-refractivity contribution is -0.109. The fourth-order valence-corrected chi connectivity index (χ4v) is 6.32. The monoisotopic (exact) mass is 555 g/mol. The summed E-state index contributed by atoms with van der Waals surface area (Å²) < 4.78 is 6.02. The molecule has 1 saturated carbocycles. The van der Waals surface area contributed by atoms with Gasteiger partial charge in [-0.25, -0.2) is 0 Å². The number of aryl methyl sites for hydroxylation is 1. The molecule has 2 unspecified atom stereocenters. The zero-order valence-electron chi connectivity index (χ0n) is 24.4. The maximum atomic E-state index is 10.6. The lowest BCUT2D eigenvalue weighted by atomic mass is 9.88. The van der Waals surface area contributed by atoms with Gasteiger partial charge in [-0.05, 0) is 97.6 Å². The molecule has 3 aromatic rings. The largest absolute Gasteiger partial charge is 0.508 e. The molecule has 2 N–H and O–H groups in total. The zero-order valence-corrected chi connectivity index (χ0v) is 24.4. The third kappa shape index (κ3) is 8.32. The topological polar surface area (TPSA) is 74.7 Å². The molecule has 6 nitrogen and oxygen atoms in total. The molecule has 41 heavy (non-hydrogen) atoms. The molecule has 2 aromatic carbocycles. The quantitative estimate of drug-likeness (QED) is 0.172. The first-order chi connectivity index (χ1) is 20.1. The third-order valence-electron chi connectivity index (χ3n) is 9.03. The standard InChI is InChI=1S/C35H45N3O3/c1-26(29-8-9-29)30-13-16-37-32(22-30)10-7-27-14-18-38(19-15-27)35-23-33(40)11-12-34(35)31(24-41-20-17-36-25-39)21-28-5-3-2-4-6-28/h2-6,11-13,16,22-23,25-27,29,31,40H,7-10,14-15,17-21,24H2,1H3,(H,36,39). The van der Waals surface area contributed by atoms with Gasteiger partial charge in [-0.2, -0.15) is 0 Å². The molecule has 0 radical (unpaired) electrons. The fraction of sp³-hybridized carbons (Fsp3) is 0.486. The number of piperidine rings is 1. The van der Waals surface area contributed by atoms with Crippen LogP contribution in [0, 0.1) is 11.8 Å². The highest BCUT2D eigenvalue weighted by atomic mass is 16.5. The second-order valence-corrected chi connectivity index (χ2v) is 12.0. The van der Waals surface area contributed by atoms with E-state index in [0.717, 1.165) is 50.4 Å². The minimum atomic E-state index is 0.137. The van der Waals surface area contributed by atoms with Gasteiger partial charge in [0.15, 0.2) is 0 Å². The van der Waals surface area contributed by atoms with Crippen LogP contribution in [0.3, 0.4) is 0 Å². The van der Waals surface area contributed by atoms with E-state index in [-0.39, 0.29) is 5.92 Å². The Balaban J connectivity index is 1.22. The van der Waals surface area contributed by atoms with Crippen LogP contribution in [-0.4, -0.2) is 49.3 Å². The van der Waals surface area contributed by atoms with Crippen molar-refractivity contribution in [3.05, 3.63) is 89.2 Å². The van der Waals surface area contributed by atoms with E-state index in [2.05, 4.69) is 59.6 Å². The van der Waals surface area contributed by atoms with Gasteiger partial charge in [0.1, 0.15) is 5.75 Å². The number of carbonyl (C=O) groups is 1. The van der Waals surface area contributed by atoms with Crippen molar-refractivity contribution in [1.29, 1.82) is 0 Å². The zero-order chi connectivity index (χ0) is 28.4. The van der Waals surface area contributed by atoms with E-state index in [4.69, 9.17) is 9.72 Å². The molecule has 1 saturated heterocycles. The summed E-state index contributed by atoms with van der Waals surface area (Å²) in [5, 5.41) is 13.1. The molecule has 2 fully saturated rings. The highest BCUT2D eigenvalue weighted by molar-refractivity contribution is 5.59. The van der Waals surface area contributed by atoms with Crippen molar-refractivity contribution in [2.75, 3.05) is 37.7 Å². The minimum absolute atomic E-state index is 0.137. The van der Waals surface area contributed by atoms with Crippen LogP contribution >= 0.6 is 0 Å². The Morgan fingerprint density at radius 1 is 1.07 bits per heavy atom. The van der Waals surface area contributed by atoms with Crippen molar-refractivity contribution < 1.29 is 14.6 Å². The number of aromatic nitrogens is 1. The molecule has 2 aliphatic rings. The first kappa shape index (κ1) is 29.1. The van der Waals surface area contributed by atoms with Crippen molar-refractivity contribution in [2.24, 2.45) is 11.8 Å². The van der Waals surface area contributed by atoms with Crippen LogP contribution < -0.4 is 10.2 Å². The van der Waals surface area contributed by atoms with Gasteiger partial charge in [0.25, 0.3) is 0 Å². The Kier molecular flexibility index (Phi) is 10.3. The molecule has 218 valence electrons. The smallest absolute Gasteiger partial charge is 0.207 e. The second kappa shape index (κ2) is 14.5. The van der Waals surface area contributed by atoms with Crippen molar-refractivity contribution in [3.63, 3.8) is 0 Å². The van der Waals surface area contributed by atoms with Crippen LogP contribution in [0.4, 0.5) is 5.69 Å². The lowest BCUT2D eigenvalue weighted by Gasteiger charge is -2.36. The SMILES string of the molecule is CC(c1ccnc(CCC2CCN(c3cc(O)ccc3C(COCCNC=O)Cc3ccccc3)CC2)c1)C1CC1. The summed E-state index contributed by atoms with van der Waals surface area (Å²) in [6.07, 6.45) is 10.8. The van der Waals surface area contributed by atoms with E-state index >= 15 is 0 Å². The van der Waals surface area contributed by atoms with E-state index in [9.17, 15) is 9.90 Å². The first-order valence-electron chi connectivity index (χ1n) is 15.4. The molecule has 0 spiro atoms. The average Bonchev–Trinajstić information content (AvgIpc) is 3.86. The van der Waals surface area contributed by atoms with Gasteiger partial charge in [-0.15, -0.1) is 0 Å². The Labute approximate surface area is 245 Å². The number of hydrogen-bond donors (Lipinski definition) is 2. The Bertz CT molecular complexity index is 1240. The number of nitrogens with one attached hydrogen (secondary N) is 1. The Morgan fingerprint density at radius 3 is 2.63 bits per heavy atom. The van der Waals surface area contributed by atoms with Crippen LogP contribution in [0.5, 0.6) is 5.75 Å². The number of phenolic OH excluding ortho intramolecular Hbond substituents is 1. The number of nitrogens with zero attached hydrogens (tertiary/aromatic N) is 2. The highest BCUT2D eigenvalue weighted by Gasteiger charge is 2.29. The van der Waals surface area contributed by atoms with E-state index in [1.807, 2.05) is 18.3 Å². The normalized spacial score (nSPS) is 17.2. The molecule has 1 aliphatic heterocycles. The number of benzene rings is 2. The molecule has 2 atom stereocenters. The molecule has 0 bridgehead atoms. The number of carbonyl (C=O) groups excluding carboxylic acids is 1. The number of amides is 1. The Hall–Kier alpha value is -3.38. The minimum Gasteiger partial charge on any atom is -0.508 e. The summed E-state index contributed by atoms with van der Waals surface area (Å²) >= 11 is 0. The number of aromatic hydroxyl groups is 1. The fourth-order valence-electron chi connectivity index (χ4n) is 6.32. The predicted molar refractivity (Wildman–Crippen MR) is 165 cm³/mol. The van der Waals surface area contributed by atoms with Crippen molar-refractivity contribution in [3.8, 4) is 5.75 Å². The van der Waals surface area contributed by atoms with Crippen LogP contribution in [-0.2, 0) is 22.4 Å². The van der Waals surface area contributed by atoms with Crippen molar-refractivity contribution >= 4 is 12.1 Å². The van der Waals surface area contributed by atoms with Gasteiger partial charge in [-0.1, -0.05) is 43.3 Å². The highest BCUT2D eigenvalue weighted by Crippen LogP contribution is 2.42. The van der Waals surface area contributed by atoms with Gasteiger partial charge in [0.05, 0.1) is 13.2 Å². The predicted octanol–water partition coefficient (Wildman–Crippen LogP) is 6.24. The van der Waals surface area contributed by atoms with Crippen LogP contribution in [0.1, 0.15) is 73.2 Å². The molecule has 6 heteroatoms. The van der Waals surface area contributed by atoms with Crippen LogP contribution in [0.15, 0.2) is 66.9 Å². The number of ether oxygens (including phenoxy) is 1. The van der Waals surface area contributed by atoms with Gasteiger partial charge in [0, 0.05) is 49.2 Å². The summed E-state index contributed by atoms with van der Waals surface area (Å²) in [5.41, 5.74) is 6.27. The molecular weight excluding hydrogens is 510 g/mol. The number of hydrogen-bond acceptors (Lipinski definition) is 5. The summed E-state index contributed by atoms with van der Waals surface area (Å²) in [4.78, 5) is 17.8. The number of pyridine rings is 1. The maximum Gasteiger partial charge on any atom is 0.207 e. The van der Waals surface area contributed by atoms with E-state index in [0.29, 0.717) is 43.8 Å². The van der Waals surface area contributed by atoms with Crippen molar-refractivity contribution in [1.82, 2.24) is 10.3 Å². The average molecular weight is 556 g/mol. The van der Waals surface area contributed by atoms with Crippen LogP contribution in [0.2, 0.25) is 0 Å².